The van der Waals surface area contributed by atoms with Crippen molar-refractivity contribution in [2.75, 3.05) is 6.61 Å². The molecule has 0 aromatic heterocycles. The molecule has 29 heavy (non-hydrogen) atoms. The van der Waals surface area contributed by atoms with Crippen molar-refractivity contribution in [1.29, 1.82) is 0 Å². The van der Waals surface area contributed by atoms with Crippen LogP contribution in [0.1, 0.15) is 96.3 Å². The Balaban J connectivity index is -0.000000300. The number of rotatable bonds is 5. The fourth-order valence-corrected chi connectivity index (χ4v) is 1.88. The van der Waals surface area contributed by atoms with Crippen LogP contribution in [-0.2, 0) is 0 Å². The Morgan fingerprint density at radius 2 is 0.759 bits per heavy atom. The molecule has 0 aliphatic heterocycles. The molecule has 1 nitrogen and oxygen atoms in total. The molecule has 0 saturated carbocycles. The Hall–Kier alpha value is -1.60. The maximum Gasteiger partial charge on any atom is 0.0428 e. The second-order valence-electron chi connectivity index (χ2n) is 7.24. The van der Waals surface area contributed by atoms with Crippen LogP contribution in [0.15, 0.2) is 54.6 Å². The Kier molecular flexibility index (Phi) is 31.6. The minimum atomic E-state index is 0.319. The molecule has 0 radical (unpaired) electrons. The topological polar surface area (TPSA) is 20.2 Å². The van der Waals surface area contributed by atoms with E-state index >= 15 is 0 Å². The van der Waals surface area contributed by atoms with Gasteiger partial charge in [-0.3, -0.25) is 0 Å². The summed E-state index contributed by atoms with van der Waals surface area (Å²) in [5, 5.41) is 7.88. The van der Waals surface area contributed by atoms with E-state index in [1.165, 1.54) is 55.2 Å². The molecule has 2 rings (SSSR count). The second-order valence-corrected chi connectivity index (χ2v) is 7.24. The van der Waals surface area contributed by atoms with Gasteiger partial charge in [0, 0.05) is 6.61 Å². The van der Waals surface area contributed by atoms with Crippen molar-refractivity contribution in [2.45, 2.75) is 100 Å². The Morgan fingerprint density at radius 3 is 0.897 bits per heavy atom. The highest BCUT2D eigenvalue weighted by Gasteiger charge is 1.79. The van der Waals surface area contributed by atoms with Gasteiger partial charge in [0.25, 0.3) is 0 Å². The molecule has 1 heteroatoms. The number of aliphatic hydroxyl groups is 1. The van der Waals surface area contributed by atoms with Gasteiger partial charge in [0.15, 0.2) is 0 Å². The SMILES string of the molecule is CCCCC.CCCCC.CCCO.Cc1ccc(C)cc1.Cc1ccccc1. The summed E-state index contributed by atoms with van der Waals surface area (Å²) in [6.07, 6.45) is 9.03. The second kappa shape index (κ2) is 28.6. The number of unbranched alkanes of at least 4 members (excludes halogenated alkanes) is 4. The van der Waals surface area contributed by atoms with Gasteiger partial charge in [-0.15, -0.1) is 0 Å². The third kappa shape index (κ3) is 34.3. The van der Waals surface area contributed by atoms with Gasteiger partial charge >= 0.3 is 0 Å². The van der Waals surface area contributed by atoms with E-state index in [9.17, 15) is 0 Å². The van der Waals surface area contributed by atoms with E-state index in [0.29, 0.717) is 6.61 Å². The molecule has 0 atom stereocenters. The van der Waals surface area contributed by atoms with Crippen LogP contribution in [0.5, 0.6) is 0 Å². The van der Waals surface area contributed by atoms with Crippen LogP contribution in [0.4, 0.5) is 0 Å². The molecule has 0 saturated heterocycles. The van der Waals surface area contributed by atoms with Gasteiger partial charge in [-0.2, -0.15) is 0 Å². The van der Waals surface area contributed by atoms with Crippen LogP contribution in [0, 0.1) is 20.8 Å². The van der Waals surface area contributed by atoms with Crippen molar-refractivity contribution in [3.63, 3.8) is 0 Å². The van der Waals surface area contributed by atoms with E-state index in [2.05, 4.69) is 84.9 Å². The predicted molar refractivity (Wildman–Crippen MR) is 135 cm³/mol. The van der Waals surface area contributed by atoms with Gasteiger partial charge in [0.1, 0.15) is 0 Å². The molecule has 0 bridgehead atoms. The molecule has 0 spiro atoms. The van der Waals surface area contributed by atoms with Crippen LogP contribution in [0.2, 0.25) is 0 Å². The molecule has 1 N–H and O–H groups in total. The lowest BCUT2D eigenvalue weighted by atomic mass is 10.2. The van der Waals surface area contributed by atoms with E-state index in [-0.39, 0.29) is 0 Å². The fraction of sp³-hybridized carbons (Fsp3) is 0.571. The van der Waals surface area contributed by atoms with E-state index in [0.717, 1.165) is 6.42 Å². The minimum absolute atomic E-state index is 0.319. The zero-order valence-electron chi connectivity index (χ0n) is 20.8. The van der Waals surface area contributed by atoms with Crippen LogP contribution in [0.3, 0.4) is 0 Å². The summed E-state index contributed by atoms with van der Waals surface area (Å²) in [5.74, 6) is 0. The van der Waals surface area contributed by atoms with Crippen molar-refractivity contribution in [2.24, 2.45) is 0 Å². The first-order chi connectivity index (χ1) is 13.9. The maximum atomic E-state index is 7.88. The lowest BCUT2D eigenvalue weighted by molar-refractivity contribution is 0.295. The largest absolute Gasteiger partial charge is 0.396 e. The van der Waals surface area contributed by atoms with Crippen molar-refractivity contribution in [3.05, 3.63) is 71.3 Å². The highest BCUT2D eigenvalue weighted by molar-refractivity contribution is 5.19. The summed E-state index contributed by atoms with van der Waals surface area (Å²) < 4.78 is 0. The van der Waals surface area contributed by atoms with Crippen molar-refractivity contribution in [3.8, 4) is 0 Å². The lowest BCUT2D eigenvalue weighted by Crippen LogP contribution is -1.70. The molecule has 0 amide bonds. The molecule has 2 aromatic carbocycles. The molecule has 0 aliphatic carbocycles. The van der Waals surface area contributed by atoms with Crippen LogP contribution >= 0.6 is 0 Å². The Labute approximate surface area is 183 Å². The van der Waals surface area contributed by atoms with E-state index in [1.807, 2.05) is 25.1 Å². The van der Waals surface area contributed by atoms with Gasteiger partial charge in [-0.25, -0.2) is 0 Å². The standard InChI is InChI=1S/C8H10.C7H8.2C5H12.C3H8O/c1-7-3-5-8(2)6-4-7;1-7-5-3-2-4-6-7;2*1-3-5-4-2;1-2-3-4/h3-6H,1-2H3;2-6H,1H3;2*3-5H2,1-2H3;4H,2-3H2,1H3. The number of aryl methyl sites for hydroxylation is 3. The number of hydrogen-bond acceptors (Lipinski definition) is 1. The Morgan fingerprint density at radius 1 is 0.483 bits per heavy atom. The maximum absolute atomic E-state index is 7.88. The van der Waals surface area contributed by atoms with Gasteiger partial charge in [-0.1, -0.05) is 144 Å². The molecule has 2 aromatic rings. The van der Waals surface area contributed by atoms with E-state index in [1.54, 1.807) is 0 Å². The molecule has 168 valence electrons. The molecule has 0 fully saturated rings. The third-order valence-corrected chi connectivity index (χ3v) is 3.80. The van der Waals surface area contributed by atoms with Gasteiger partial charge in [-0.05, 0) is 27.2 Å². The molecular formula is C28H50O. The molecule has 0 unspecified atom stereocenters. The number of benzene rings is 2. The zero-order valence-corrected chi connectivity index (χ0v) is 20.8. The Bertz CT molecular complexity index is 454. The fourth-order valence-electron chi connectivity index (χ4n) is 1.88. The number of aliphatic hydroxyl groups excluding tert-OH is 1. The first-order valence-electron chi connectivity index (χ1n) is 11.6. The van der Waals surface area contributed by atoms with Crippen LogP contribution < -0.4 is 0 Å². The van der Waals surface area contributed by atoms with E-state index < -0.39 is 0 Å². The van der Waals surface area contributed by atoms with Gasteiger partial charge in [0.2, 0.25) is 0 Å². The zero-order chi connectivity index (χ0) is 22.8. The smallest absolute Gasteiger partial charge is 0.0428 e. The van der Waals surface area contributed by atoms with Crippen molar-refractivity contribution < 1.29 is 5.11 Å². The monoisotopic (exact) mass is 402 g/mol. The first-order valence-corrected chi connectivity index (χ1v) is 11.6. The highest BCUT2D eigenvalue weighted by atomic mass is 16.2. The summed E-state index contributed by atoms with van der Waals surface area (Å²) in [6.45, 7) is 17.4. The number of hydrogen-bond donors (Lipinski definition) is 1. The van der Waals surface area contributed by atoms with Gasteiger partial charge in [0.05, 0.1) is 0 Å². The van der Waals surface area contributed by atoms with E-state index in [4.69, 9.17) is 5.11 Å². The minimum Gasteiger partial charge on any atom is -0.396 e. The van der Waals surface area contributed by atoms with Crippen LogP contribution in [-0.4, -0.2) is 11.7 Å². The molecular weight excluding hydrogens is 352 g/mol. The molecule has 0 heterocycles. The lowest BCUT2D eigenvalue weighted by Gasteiger charge is -1.90. The normalized spacial score (nSPS) is 8.59. The average Bonchev–Trinajstić information content (AvgIpc) is 2.74. The summed E-state index contributed by atoms with van der Waals surface area (Å²) in [4.78, 5) is 0. The first kappa shape index (κ1) is 32.1. The predicted octanol–water partition coefficient (Wildman–Crippen LogP) is 9.08. The molecule has 0 aliphatic rings. The summed E-state index contributed by atoms with van der Waals surface area (Å²) in [6, 6.07) is 18.7. The quantitative estimate of drug-likeness (QED) is 0.528. The summed E-state index contributed by atoms with van der Waals surface area (Å²) >= 11 is 0. The average molecular weight is 403 g/mol. The third-order valence-electron chi connectivity index (χ3n) is 3.80. The summed E-state index contributed by atoms with van der Waals surface area (Å²) in [7, 11) is 0. The van der Waals surface area contributed by atoms with Crippen molar-refractivity contribution in [1.82, 2.24) is 0 Å². The summed E-state index contributed by atoms with van der Waals surface area (Å²) in [5.41, 5.74) is 3.98. The highest BCUT2D eigenvalue weighted by Crippen LogP contribution is 1.99. The van der Waals surface area contributed by atoms with Crippen LogP contribution in [0.25, 0.3) is 0 Å². The van der Waals surface area contributed by atoms with Gasteiger partial charge < -0.3 is 5.11 Å². The van der Waals surface area contributed by atoms with Crippen molar-refractivity contribution >= 4 is 0 Å².